The van der Waals surface area contributed by atoms with Crippen LogP contribution >= 0.6 is 46.4 Å². The molecule has 0 aromatic heterocycles. The summed E-state index contributed by atoms with van der Waals surface area (Å²) in [7, 11) is -4.43. The topological polar surface area (TPSA) is 52.6 Å². The second-order valence-corrected chi connectivity index (χ2v) is 8.52. The van der Waals surface area contributed by atoms with Crippen molar-refractivity contribution in [3.8, 4) is 16.9 Å². The van der Waals surface area contributed by atoms with Gasteiger partial charge in [0.05, 0.1) is 5.02 Å². The fraction of sp³-hybridized carbons (Fsp3) is 0.143. The van der Waals surface area contributed by atoms with Crippen molar-refractivity contribution in [3.63, 3.8) is 0 Å². The summed E-state index contributed by atoms with van der Waals surface area (Å²) in [6, 6.07) is 14.0. The lowest BCUT2D eigenvalue weighted by atomic mass is 10.1. The van der Waals surface area contributed by atoms with Crippen molar-refractivity contribution in [1.29, 1.82) is 0 Å². The zero-order valence-electron chi connectivity index (χ0n) is 11.4. The molecular formula is C14H10Cl4O4S. The third kappa shape index (κ3) is 6.03. The van der Waals surface area contributed by atoms with Gasteiger partial charge in [-0.15, -0.1) is 0 Å². The highest BCUT2D eigenvalue weighted by Gasteiger charge is 2.26. The molecule has 0 fully saturated rings. The van der Waals surface area contributed by atoms with Crippen LogP contribution in [-0.2, 0) is 14.6 Å². The minimum atomic E-state index is -4.43. The van der Waals surface area contributed by atoms with E-state index in [0.29, 0.717) is 0 Å². The Balaban J connectivity index is 2.23. The molecule has 2 aromatic carbocycles. The van der Waals surface area contributed by atoms with Crippen LogP contribution in [0.2, 0.25) is 5.02 Å². The van der Waals surface area contributed by atoms with E-state index in [2.05, 4.69) is 4.18 Å². The van der Waals surface area contributed by atoms with Crippen LogP contribution in [0.25, 0.3) is 11.1 Å². The van der Waals surface area contributed by atoms with Crippen LogP contribution in [0.15, 0.2) is 48.5 Å². The molecule has 0 unspecified atom stereocenters. The van der Waals surface area contributed by atoms with Gasteiger partial charge in [-0.25, -0.2) is 4.18 Å². The molecule has 2 aromatic rings. The first-order valence-corrected chi connectivity index (χ1v) is 9.01. The summed E-state index contributed by atoms with van der Waals surface area (Å²) in [5.74, 6) is -0.0858. The Bertz CT molecular complexity index is 773. The predicted molar refractivity (Wildman–Crippen MR) is 92.7 cm³/mol. The van der Waals surface area contributed by atoms with Crippen molar-refractivity contribution in [3.05, 3.63) is 53.6 Å². The minimum Gasteiger partial charge on any atom is -0.360 e. The first-order chi connectivity index (χ1) is 10.7. The van der Waals surface area contributed by atoms with Gasteiger partial charge in [0.1, 0.15) is 6.61 Å². The maximum atomic E-state index is 11.8. The number of halogens is 4. The van der Waals surface area contributed by atoms with E-state index < -0.39 is 20.8 Å². The van der Waals surface area contributed by atoms with Crippen molar-refractivity contribution in [2.75, 3.05) is 6.61 Å². The average Bonchev–Trinajstić information content (AvgIpc) is 2.48. The van der Waals surface area contributed by atoms with Crippen molar-refractivity contribution in [2.24, 2.45) is 0 Å². The van der Waals surface area contributed by atoms with Gasteiger partial charge in [-0.1, -0.05) is 82.8 Å². The Morgan fingerprint density at radius 3 is 2.22 bits per heavy atom. The quantitative estimate of drug-likeness (QED) is 0.643. The summed E-state index contributed by atoms with van der Waals surface area (Å²) >= 11 is 22.3. The van der Waals surface area contributed by atoms with Crippen molar-refractivity contribution in [2.45, 2.75) is 3.79 Å². The predicted octanol–water partition coefficient (Wildman–Crippen LogP) is 5.02. The molecule has 0 amide bonds. The molecule has 0 radical (unpaired) electrons. The largest absolute Gasteiger partial charge is 0.449 e. The Hall–Kier alpha value is -0.690. The summed E-state index contributed by atoms with van der Waals surface area (Å²) in [5, 5.41) is 0.103. The summed E-state index contributed by atoms with van der Waals surface area (Å²) in [4.78, 5) is 0. The highest BCUT2D eigenvalue weighted by molar-refractivity contribution is 7.82. The molecule has 0 heterocycles. The van der Waals surface area contributed by atoms with E-state index in [1.807, 2.05) is 30.3 Å². The van der Waals surface area contributed by atoms with Crippen LogP contribution in [-0.4, -0.2) is 18.8 Å². The van der Waals surface area contributed by atoms with Gasteiger partial charge < -0.3 is 4.18 Å². The first-order valence-electron chi connectivity index (χ1n) is 6.17. The molecule has 23 heavy (non-hydrogen) atoms. The Labute approximate surface area is 154 Å². The van der Waals surface area contributed by atoms with E-state index in [1.54, 1.807) is 6.07 Å². The number of alkyl halides is 3. The van der Waals surface area contributed by atoms with Crippen molar-refractivity contribution >= 4 is 56.8 Å². The van der Waals surface area contributed by atoms with Gasteiger partial charge in [-0.2, -0.15) is 8.42 Å². The van der Waals surface area contributed by atoms with Gasteiger partial charge in [-0.05, 0) is 23.3 Å². The maximum Gasteiger partial charge on any atom is 0.449 e. The molecule has 0 bridgehead atoms. The third-order valence-electron chi connectivity index (χ3n) is 2.60. The maximum absolute atomic E-state index is 11.8. The molecule has 0 N–H and O–H groups in total. The Kier molecular flexibility index (Phi) is 6.05. The van der Waals surface area contributed by atoms with Crippen LogP contribution < -0.4 is 4.18 Å². The third-order valence-corrected chi connectivity index (χ3v) is 4.03. The van der Waals surface area contributed by atoms with E-state index in [-0.39, 0.29) is 10.8 Å². The average molecular weight is 416 g/mol. The second kappa shape index (κ2) is 7.47. The van der Waals surface area contributed by atoms with Crippen LogP contribution in [0.3, 0.4) is 0 Å². The summed E-state index contributed by atoms with van der Waals surface area (Å²) in [6.07, 6.45) is 0. The van der Waals surface area contributed by atoms with Crippen LogP contribution in [0, 0.1) is 0 Å². The lowest BCUT2D eigenvalue weighted by Gasteiger charge is -2.13. The lowest BCUT2D eigenvalue weighted by Crippen LogP contribution is -2.21. The zero-order chi connectivity index (χ0) is 17.1. The van der Waals surface area contributed by atoms with Crippen molar-refractivity contribution < 1.29 is 16.8 Å². The number of rotatable bonds is 5. The number of benzene rings is 2. The fourth-order valence-corrected chi connectivity index (χ4v) is 2.94. The molecule has 0 atom stereocenters. The molecule has 0 spiro atoms. The molecule has 0 saturated carbocycles. The van der Waals surface area contributed by atoms with Gasteiger partial charge in [0.25, 0.3) is 0 Å². The summed E-state index contributed by atoms with van der Waals surface area (Å²) in [6.45, 7) is -0.685. The van der Waals surface area contributed by atoms with E-state index in [0.717, 1.165) is 11.1 Å². The molecule has 9 heteroatoms. The smallest absolute Gasteiger partial charge is 0.360 e. The Morgan fingerprint density at radius 2 is 1.61 bits per heavy atom. The fourth-order valence-electron chi connectivity index (χ4n) is 1.65. The lowest BCUT2D eigenvalue weighted by molar-refractivity contribution is 0.279. The highest BCUT2D eigenvalue weighted by Crippen LogP contribution is 2.32. The first kappa shape index (κ1) is 18.6. The summed E-state index contributed by atoms with van der Waals surface area (Å²) in [5.41, 5.74) is 1.59. The summed E-state index contributed by atoms with van der Waals surface area (Å²) < 4.78 is 31.0. The normalized spacial score (nSPS) is 12.2. The zero-order valence-corrected chi connectivity index (χ0v) is 15.2. The molecule has 0 aliphatic carbocycles. The molecule has 0 aliphatic rings. The van der Waals surface area contributed by atoms with Gasteiger partial charge in [0.2, 0.25) is 3.79 Å². The molecule has 4 nitrogen and oxygen atoms in total. The van der Waals surface area contributed by atoms with E-state index in [1.165, 1.54) is 12.1 Å². The van der Waals surface area contributed by atoms with E-state index in [9.17, 15) is 8.42 Å². The SMILES string of the molecule is O=S(=O)(OCC(Cl)(Cl)Cl)Oc1cc(-c2ccccc2)ccc1Cl. The molecule has 0 saturated heterocycles. The molecule has 2 rings (SSSR count). The van der Waals surface area contributed by atoms with Crippen LogP contribution in [0.1, 0.15) is 0 Å². The van der Waals surface area contributed by atoms with Crippen molar-refractivity contribution in [1.82, 2.24) is 0 Å². The second-order valence-electron chi connectivity index (χ2n) is 4.38. The van der Waals surface area contributed by atoms with E-state index >= 15 is 0 Å². The van der Waals surface area contributed by atoms with Crippen LogP contribution in [0.4, 0.5) is 0 Å². The number of hydrogen-bond acceptors (Lipinski definition) is 4. The van der Waals surface area contributed by atoms with Gasteiger partial charge in [-0.3, -0.25) is 0 Å². The van der Waals surface area contributed by atoms with Gasteiger partial charge in [0.15, 0.2) is 5.75 Å². The highest BCUT2D eigenvalue weighted by atomic mass is 35.6. The van der Waals surface area contributed by atoms with Gasteiger partial charge in [0, 0.05) is 0 Å². The molecular weight excluding hydrogens is 406 g/mol. The number of hydrogen-bond donors (Lipinski definition) is 0. The monoisotopic (exact) mass is 414 g/mol. The van der Waals surface area contributed by atoms with E-state index in [4.69, 9.17) is 50.6 Å². The standard InChI is InChI=1S/C14H10Cl4O4S/c15-12-7-6-11(10-4-2-1-3-5-10)8-13(12)22-23(19,20)21-9-14(16,17)18/h1-8H,9H2. The van der Waals surface area contributed by atoms with Crippen LogP contribution in [0.5, 0.6) is 5.75 Å². The van der Waals surface area contributed by atoms with Gasteiger partial charge >= 0.3 is 10.4 Å². The molecule has 0 aliphatic heterocycles. The molecule has 124 valence electrons. The Morgan fingerprint density at radius 1 is 0.957 bits per heavy atom. The minimum absolute atomic E-state index is 0.0858.